The number of nitrogen functional groups attached to an aromatic ring is 1. The van der Waals surface area contributed by atoms with Crippen molar-refractivity contribution in [1.29, 1.82) is 0 Å². The number of carbonyl (C=O) groups excluding carboxylic acids is 1. The smallest absolute Gasteiger partial charge is 0.251 e. The molecule has 0 heterocycles. The highest BCUT2D eigenvalue weighted by Gasteiger charge is 2.13. The number of aromatic hydroxyl groups is 1. The van der Waals surface area contributed by atoms with Crippen LogP contribution >= 0.6 is 0 Å². The SMILES string of the molecule is CCCc1c(N)cccc1C(=O)NCc1ccc(O)c(OC)c1. The Morgan fingerprint density at radius 2 is 2.09 bits per heavy atom. The first-order chi connectivity index (χ1) is 11.1. The van der Waals surface area contributed by atoms with Gasteiger partial charge in [-0.3, -0.25) is 4.79 Å². The van der Waals surface area contributed by atoms with Gasteiger partial charge >= 0.3 is 0 Å². The van der Waals surface area contributed by atoms with Gasteiger partial charge in [0.1, 0.15) is 0 Å². The van der Waals surface area contributed by atoms with E-state index < -0.39 is 0 Å². The minimum atomic E-state index is -0.159. The Bertz CT molecular complexity index is 699. The van der Waals surface area contributed by atoms with Crippen LogP contribution in [0.4, 0.5) is 5.69 Å². The maximum absolute atomic E-state index is 12.4. The van der Waals surface area contributed by atoms with Crippen molar-refractivity contribution in [3.63, 3.8) is 0 Å². The molecule has 2 rings (SSSR count). The van der Waals surface area contributed by atoms with E-state index in [1.165, 1.54) is 7.11 Å². The fourth-order valence-electron chi connectivity index (χ4n) is 2.46. The van der Waals surface area contributed by atoms with Crippen LogP contribution in [0.25, 0.3) is 0 Å². The van der Waals surface area contributed by atoms with Crippen molar-refractivity contribution >= 4 is 11.6 Å². The van der Waals surface area contributed by atoms with Crippen LogP contribution < -0.4 is 15.8 Å². The summed E-state index contributed by atoms with van der Waals surface area (Å²) in [6.07, 6.45) is 1.69. The molecule has 23 heavy (non-hydrogen) atoms. The fourth-order valence-corrected chi connectivity index (χ4v) is 2.46. The number of phenolic OH excluding ortho intramolecular Hbond substituents is 1. The van der Waals surface area contributed by atoms with Crippen molar-refractivity contribution in [3.8, 4) is 11.5 Å². The van der Waals surface area contributed by atoms with Crippen molar-refractivity contribution in [2.75, 3.05) is 12.8 Å². The Morgan fingerprint density at radius 1 is 1.30 bits per heavy atom. The lowest BCUT2D eigenvalue weighted by Gasteiger charge is -2.12. The molecule has 0 atom stereocenters. The van der Waals surface area contributed by atoms with Crippen LogP contribution in [0.5, 0.6) is 11.5 Å². The predicted molar refractivity (Wildman–Crippen MR) is 90.7 cm³/mol. The largest absolute Gasteiger partial charge is 0.504 e. The van der Waals surface area contributed by atoms with Gasteiger partial charge in [0.2, 0.25) is 0 Å². The lowest BCUT2D eigenvalue weighted by molar-refractivity contribution is 0.0950. The highest BCUT2D eigenvalue weighted by molar-refractivity contribution is 5.97. The van der Waals surface area contributed by atoms with Gasteiger partial charge in [0, 0.05) is 17.8 Å². The number of hydrogen-bond acceptors (Lipinski definition) is 4. The summed E-state index contributed by atoms with van der Waals surface area (Å²) in [4.78, 5) is 12.4. The van der Waals surface area contributed by atoms with Crippen LogP contribution in [0.3, 0.4) is 0 Å². The summed E-state index contributed by atoms with van der Waals surface area (Å²) >= 11 is 0. The van der Waals surface area contributed by atoms with E-state index in [1.54, 1.807) is 30.3 Å². The summed E-state index contributed by atoms with van der Waals surface area (Å²) < 4.78 is 5.06. The van der Waals surface area contributed by atoms with Crippen molar-refractivity contribution in [3.05, 3.63) is 53.1 Å². The summed E-state index contributed by atoms with van der Waals surface area (Å²) in [5.74, 6) is 0.295. The highest BCUT2D eigenvalue weighted by atomic mass is 16.5. The van der Waals surface area contributed by atoms with Crippen molar-refractivity contribution < 1.29 is 14.6 Å². The van der Waals surface area contributed by atoms with E-state index in [4.69, 9.17) is 10.5 Å². The third-order valence-corrected chi connectivity index (χ3v) is 3.65. The quantitative estimate of drug-likeness (QED) is 0.716. The summed E-state index contributed by atoms with van der Waals surface area (Å²) in [6, 6.07) is 10.4. The van der Waals surface area contributed by atoms with E-state index in [9.17, 15) is 9.90 Å². The molecule has 0 unspecified atom stereocenters. The second-order valence-electron chi connectivity index (χ2n) is 5.31. The summed E-state index contributed by atoms with van der Waals surface area (Å²) in [7, 11) is 1.49. The minimum Gasteiger partial charge on any atom is -0.504 e. The molecule has 5 nitrogen and oxygen atoms in total. The molecule has 0 fully saturated rings. The molecule has 0 aliphatic rings. The number of nitrogens with one attached hydrogen (secondary N) is 1. The minimum absolute atomic E-state index is 0.0728. The van der Waals surface area contributed by atoms with Crippen LogP contribution in [0.2, 0.25) is 0 Å². The first kappa shape index (κ1) is 16.7. The Kier molecular flexibility index (Phi) is 5.46. The van der Waals surface area contributed by atoms with E-state index in [1.807, 2.05) is 6.07 Å². The van der Waals surface area contributed by atoms with Gasteiger partial charge in [-0.25, -0.2) is 0 Å². The molecule has 2 aromatic rings. The van der Waals surface area contributed by atoms with Crippen molar-refractivity contribution in [2.45, 2.75) is 26.3 Å². The molecular formula is C18H22N2O3. The second kappa shape index (κ2) is 7.54. The molecule has 0 saturated heterocycles. The van der Waals surface area contributed by atoms with E-state index in [2.05, 4.69) is 12.2 Å². The third kappa shape index (κ3) is 3.94. The molecule has 2 aromatic carbocycles. The zero-order valence-corrected chi connectivity index (χ0v) is 13.4. The number of hydrogen-bond donors (Lipinski definition) is 3. The topological polar surface area (TPSA) is 84.6 Å². The molecule has 0 bridgehead atoms. The van der Waals surface area contributed by atoms with Crippen LogP contribution in [-0.4, -0.2) is 18.1 Å². The van der Waals surface area contributed by atoms with Gasteiger partial charge in [0.25, 0.3) is 5.91 Å². The molecule has 122 valence electrons. The molecule has 0 spiro atoms. The molecule has 0 aromatic heterocycles. The molecule has 1 amide bonds. The van der Waals surface area contributed by atoms with E-state index in [-0.39, 0.29) is 11.7 Å². The lowest BCUT2D eigenvalue weighted by atomic mass is 10.0. The van der Waals surface area contributed by atoms with Crippen molar-refractivity contribution in [2.24, 2.45) is 0 Å². The molecule has 5 heteroatoms. The number of amides is 1. The Hall–Kier alpha value is -2.69. The van der Waals surface area contributed by atoms with E-state index in [0.717, 1.165) is 24.0 Å². The lowest BCUT2D eigenvalue weighted by Crippen LogP contribution is -2.24. The maximum Gasteiger partial charge on any atom is 0.251 e. The first-order valence-corrected chi connectivity index (χ1v) is 7.58. The average molecular weight is 314 g/mol. The standard InChI is InChI=1S/C18H22N2O3/c1-3-5-13-14(6-4-7-15(13)19)18(22)20-11-12-8-9-16(21)17(10-12)23-2/h4,6-10,21H,3,5,11,19H2,1-2H3,(H,20,22). The van der Waals surface area contributed by atoms with Crippen LogP contribution in [0.1, 0.15) is 34.8 Å². The average Bonchev–Trinajstić information content (AvgIpc) is 2.55. The molecule has 4 N–H and O–H groups in total. The number of methoxy groups -OCH3 is 1. The number of anilines is 1. The summed E-state index contributed by atoms with van der Waals surface area (Å²) in [5.41, 5.74) is 8.96. The number of ether oxygens (including phenoxy) is 1. The molecule has 0 aliphatic heterocycles. The fraction of sp³-hybridized carbons (Fsp3) is 0.278. The van der Waals surface area contributed by atoms with Crippen LogP contribution in [0.15, 0.2) is 36.4 Å². The normalized spacial score (nSPS) is 10.3. The highest BCUT2D eigenvalue weighted by Crippen LogP contribution is 2.26. The maximum atomic E-state index is 12.4. The van der Waals surface area contributed by atoms with Crippen LogP contribution in [-0.2, 0) is 13.0 Å². The molecule has 0 aliphatic carbocycles. The molecule has 0 radical (unpaired) electrons. The zero-order valence-electron chi connectivity index (χ0n) is 13.4. The van der Waals surface area contributed by atoms with Gasteiger partial charge in [0.15, 0.2) is 11.5 Å². The van der Waals surface area contributed by atoms with Crippen molar-refractivity contribution in [1.82, 2.24) is 5.32 Å². The molecular weight excluding hydrogens is 292 g/mol. The Balaban J connectivity index is 2.12. The Labute approximate surface area is 136 Å². The van der Waals surface area contributed by atoms with Gasteiger partial charge in [-0.1, -0.05) is 25.5 Å². The number of nitrogens with two attached hydrogens (primary N) is 1. The van der Waals surface area contributed by atoms with E-state index >= 15 is 0 Å². The number of carbonyl (C=O) groups is 1. The van der Waals surface area contributed by atoms with E-state index in [0.29, 0.717) is 23.5 Å². The summed E-state index contributed by atoms with van der Waals surface area (Å²) in [6.45, 7) is 2.40. The number of rotatable bonds is 6. The van der Waals surface area contributed by atoms with Gasteiger partial charge in [0.05, 0.1) is 7.11 Å². The molecule has 0 saturated carbocycles. The van der Waals surface area contributed by atoms with Gasteiger partial charge in [-0.15, -0.1) is 0 Å². The van der Waals surface area contributed by atoms with Gasteiger partial charge in [-0.2, -0.15) is 0 Å². The third-order valence-electron chi connectivity index (χ3n) is 3.65. The van der Waals surface area contributed by atoms with Crippen LogP contribution in [0, 0.1) is 0 Å². The Morgan fingerprint density at radius 3 is 2.78 bits per heavy atom. The predicted octanol–water partition coefficient (Wildman–Crippen LogP) is 2.87. The number of phenols is 1. The summed E-state index contributed by atoms with van der Waals surface area (Å²) in [5, 5.41) is 12.5. The second-order valence-corrected chi connectivity index (χ2v) is 5.31. The number of benzene rings is 2. The van der Waals surface area contributed by atoms with Gasteiger partial charge < -0.3 is 20.9 Å². The van der Waals surface area contributed by atoms with Gasteiger partial charge in [-0.05, 0) is 41.8 Å². The zero-order chi connectivity index (χ0) is 16.8. The first-order valence-electron chi connectivity index (χ1n) is 7.58. The monoisotopic (exact) mass is 314 g/mol.